The molecule has 8 nitrogen and oxygen atoms in total. The van der Waals surface area contributed by atoms with Gasteiger partial charge in [-0.3, -0.25) is 9.59 Å². The molecule has 0 atom stereocenters. The zero-order chi connectivity index (χ0) is 19.1. The molecule has 1 aliphatic heterocycles. The Balaban J connectivity index is 1.83. The van der Waals surface area contributed by atoms with E-state index in [1.807, 2.05) is 0 Å². The summed E-state index contributed by atoms with van der Waals surface area (Å²) in [5, 5.41) is 4.58. The van der Waals surface area contributed by atoms with Gasteiger partial charge in [0, 0.05) is 36.8 Å². The molecule has 1 fully saturated rings. The quantitative estimate of drug-likeness (QED) is 0.475. The number of carbonyl (C=O) groups excluding carboxylic acids is 3. The first-order chi connectivity index (χ1) is 12.4. The molecule has 2 rings (SSSR count). The lowest BCUT2D eigenvalue weighted by molar-refractivity contribution is -0.146. The van der Waals surface area contributed by atoms with Crippen molar-refractivity contribution in [2.24, 2.45) is 5.10 Å². The third-order valence-corrected chi connectivity index (χ3v) is 4.18. The number of halogens is 2. The third kappa shape index (κ3) is 5.34. The summed E-state index contributed by atoms with van der Waals surface area (Å²) in [7, 11) is 0. The Bertz CT molecular complexity index is 718. The molecule has 0 aliphatic carbocycles. The summed E-state index contributed by atoms with van der Waals surface area (Å²) in [5.41, 5.74) is 2.71. The number of nitrogens with zero attached hydrogens (tertiary/aromatic N) is 3. The molecule has 1 N–H and O–H groups in total. The summed E-state index contributed by atoms with van der Waals surface area (Å²) in [6, 6.07) is 4.81. The molecular weight excluding hydrogens is 383 g/mol. The second-order valence-electron chi connectivity index (χ2n) is 5.34. The van der Waals surface area contributed by atoms with Crippen molar-refractivity contribution in [2.45, 2.75) is 6.92 Å². The highest BCUT2D eigenvalue weighted by Gasteiger charge is 2.28. The van der Waals surface area contributed by atoms with E-state index >= 15 is 0 Å². The maximum Gasteiger partial charge on any atom is 0.409 e. The van der Waals surface area contributed by atoms with Crippen LogP contribution < -0.4 is 5.43 Å². The second-order valence-corrected chi connectivity index (χ2v) is 6.19. The van der Waals surface area contributed by atoms with Crippen LogP contribution in [0.25, 0.3) is 0 Å². The SMILES string of the molecule is CCOC(=O)N1CCN(C(=O)C(=O)N/N=C/c2ccc(Cl)cc2Cl)CC1. The second kappa shape index (κ2) is 9.40. The topological polar surface area (TPSA) is 91.3 Å². The Labute approximate surface area is 160 Å². The van der Waals surface area contributed by atoms with Gasteiger partial charge in [0.05, 0.1) is 17.8 Å². The molecule has 0 unspecified atom stereocenters. The van der Waals surface area contributed by atoms with Crippen molar-refractivity contribution < 1.29 is 19.1 Å². The number of benzene rings is 1. The van der Waals surface area contributed by atoms with Crippen LogP contribution in [0.2, 0.25) is 10.0 Å². The van der Waals surface area contributed by atoms with Gasteiger partial charge in [-0.1, -0.05) is 29.3 Å². The molecule has 0 aromatic heterocycles. The van der Waals surface area contributed by atoms with Crippen molar-refractivity contribution in [1.29, 1.82) is 0 Å². The number of rotatable bonds is 3. The number of hydrogen-bond acceptors (Lipinski definition) is 5. The van der Waals surface area contributed by atoms with Gasteiger partial charge in [0.1, 0.15) is 0 Å². The smallest absolute Gasteiger partial charge is 0.409 e. The minimum Gasteiger partial charge on any atom is -0.450 e. The van der Waals surface area contributed by atoms with Crippen LogP contribution in [0, 0.1) is 0 Å². The predicted octanol–water partition coefficient (Wildman–Crippen LogP) is 1.74. The number of piperazine rings is 1. The number of nitrogens with one attached hydrogen (secondary N) is 1. The fourth-order valence-corrected chi connectivity index (χ4v) is 2.72. The summed E-state index contributed by atoms with van der Waals surface area (Å²) in [6.45, 7) is 3.12. The Morgan fingerprint density at radius 3 is 2.46 bits per heavy atom. The van der Waals surface area contributed by atoms with Gasteiger partial charge in [0.25, 0.3) is 0 Å². The highest BCUT2D eigenvalue weighted by molar-refractivity contribution is 6.36. The number of amides is 3. The Hall–Kier alpha value is -2.32. The molecule has 0 bridgehead atoms. The van der Waals surface area contributed by atoms with Crippen molar-refractivity contribution in [3.63, 3.8) is 0 Å². The molecule has 26 heavy (non-hydrogen) atoms. The zero-order valence-electron chi connectivity index (χ0n) is 14.1. The molecular formula is C16H18Cl2N4O4. The number of hydrogen-bond donors (Lipinski definition) is 1. The normalized spacial score (nSPS) is 14.4. The van der Waals surface area contributed by atoms with E-state index in [1.54, 1.807) is 25.1 Å². The van der Waals surface area contributed by atoms with Crippen LogP contribution in [-0.4, -0.2) is 66.7 Å². The van der Waals surface area contributed by atoms with Crippen LogP contribution in [0.15, 0.2) is 23.3 Å². The molecule has 10 heteroatoms. The molecule has 0 radical (unpaired) electrons. The lowest BCUT2D eigenvalue weighted by atomic mass is 10.2. The molecule has 1 saturated heterocycles. The van der Waals surface area contributed by atoms with Crippen molar-refractivity contribution in [3.8, 4) is 0 Å². The summed E-state index contributed by atoms with van der Waals surface area (Å²) in [6.07, 6.45) is 0.899. The van der Waals surface area contributed by atoms with Gasteiger partial charge in [0.2, 0.25) is 0 Å². The van der Waals surface area contributed by atoms with Crippen LogP contribution in [-0.2, 0) is 14.3 Å². The summed E-state index contributed by atoms with van der Waals surface area (Å²) < 4.78 is 4.90. The Morgan fingerprint density at radius 2 is 1.85 bits per heavy atom. The number of hydrazone groups is 1. The lowest BCUT2D eigenvalue weighted by Crippen LogP contribution is -2.53. The molecule has 0 saturated carbocycles. The molecule has 1 aromatic rings. The Morgan fingerprint density at radius 1 is 1.19 bits per heavy atom. The van der Waals surface area contributed by atoms with E-state index in [1.165, 1.54) is 16.0 Å². The van der Waals surface area contributed by atoms with E-state index in [9.17, 15) is 14.4 Å². The van der Waals surface area contributed by atoms with E-state index < -0.39 is 17.9 Å². The molecule has 1 aliphatic rings. The van der Waals surface area contributed by atoms with E-state index in [0.717, 1.165) is 0 Å². The molecule has 3 amide bonds. The maximum absolute atomic E-state index is 12.1. The summed E-state index contributed by atoms with van der Waals surface area (Å²) in [5.74, 6) is -1.58. The van der Waals surface area contributed by atoms with Crippen LogP contribution in [0.5, 0.6) is 0 Å². The zero-order valence-corrected chi connectivity index (χ0v) is 15.6. The third-order valence-electron chi connectivity index (χ3n) is 3.62. The maximum atomic E-state index is 12.1. The van der Waals surface area contributed by atoms with Crippen LogP contribution in [0.1, 0.15) is 12.5 Å². The first-order valence-corrected chi connectivity index (χ1v) is 8.67. The van der Waals surface area contributed by atoms with E-state index in [2.05, 4.69) is 10.5 Å². The van der Waals surface area contributed by atoms with Crippen LogP contribution in [0.3, 0.4) is 0 Å². The lowest BCUT2D eigenvalue weighted by Gasteiger charge is -2.33. The van der Waals surface area contributed by atoms with Gasteiger partial charge in [-0.15, -0.1) is 0 Å². The van der Waals surface area contributed by atoms with Gasteiger partial charge in [-0.2, -0.15) is 5.10 Å². The monoisotopic (exact) mass is 400 g/mol. The molecule has 0 spiro atoms. The Kier molecular flexibility index (Phi) is 7.23. The predicted molar refractivity (Wildman–Crippen MR) is 97.4 cm³/mol. The van der Waals surface area contributed by atoms with Gasteiger partial charge < -0.3 is 14.5 Å². The first-order valence-electron chi connectivity index (χ1n) is 7.91. The van der Waals surface area contributed by atoms with Gasteiger partial charge in [-0.05, 0) is 19.1 Å². The largest absolute Gasteiger partial charge is 0.450 e. The summed E-state index contributed by atoms with van der Waals surface area (Å²) >= 11 is 11.8. The first kappa shape index (κ1) is 20.0. The highest BCUT2D eigenvalue weighted by atomic mass is 35.5. The van der Waals surface area contributed by atoms with Gasteiger partial charge in [0.15, 0.2) is 0 Å². The highest BCUT2D eigenvalue weighted by Crippen LogP contribution is 2.19. The number of carbonyl (C=O) groups is 3. The molecule has 1 aromatic carbocycles. The summed E-state index contributed by atoms with van der Waals surface area (Å²) in [4.78, 5) is 38.5. The average Bonchev–Trinajstić information content (AvgIpc) is 2.63. The average molecular weight is 401 g/mol. The van der Waals surface area contributed by atoms with E-state index in [0.29, 0.717) is 28.7 Å². The van der Waals surface area contributed by atoms with Crippen LogP contribution >= 0.6 is 23.2 Å². The van der Waals surface area contributed by atoms with E-state index in [4.69, 9.17) is 27.9 Å². The minimum absolute atomic E-state index is 0.248. The molecule has 1 heterocycles. The fraction of sp³-hybridized carbons (Fsp3) is 0.375. The van der Waals surface area contributed by atoms with Crippen molar-refractivity contribution >= 4 is 47.3 Å². The van der Waals surface area contributed by atoms with E-state index in [-0.39, 0.29) is 19.7 Å². The van der Waals surface area contributed by atoms with Crippen LogP contribution in [0.4, 0.5) is 4.79 Å². The van der Waals surface area contributed by atoms with Gasteiger partial charge in [-0.25, -0.2) is 10.2 Å². The molecule has 140 valence electrons. The minimum atomic E-state index is -0.865. The van der Waals surface area contributed by atoms with Crippen molar-refractivity contribution in [1.82, 2.24) is 15.2 Å². The fourth-order valence-electron chi connectivity index (χ4n) is 2.26. The van der Waals surface area contributed by atoms with Gasteiger partial charge >= 0.3 is 17.9 Å². The number of ether oxygens (including phenoxy) is 1. The van der Waals surface area contributed by atoms with Crippen molar-refractivity contribution in [2.75, 3.05) is 32.8 Å². The standard InChI is InChI=1S/C16H18Cl2N4O4/c1-2-26-16(25)22-7-5-21(6-8-22)15(24)14(23)20-19-10-11-3-4-12(17)9-13(11)18/h3-4,9-10H,2,5-8H2,1H3,(H,20,23)/b19-10+. The van der Waals surface area contributed by atoms with Crippen molar-refractivity contribution in [3.05, 3.63) is 33.8 Å².